The molecule has 1 aromatic carbocycles. The van der Waals surface area contributed by atoms with Crippen LogP contribution in [-0.2, 0) is 11.3 Å². The molecular weight excluding hydrogens is 347 g/mol. The van der Waals surface area contributed by atoms with E-state index in [2.05, 4.69) is 15.7 Å². The Labute approximate surface area is 150 Å². The molecule has 0 saturated carbocycles. The Balaban J connectivity index is 2.06. The second-order valence-corrected chi connectivity index (χ2v) is 5.93. The SMILES string of the molecule is CCCNC(=O)CNC(=O)c1c(C)nn(Cc2ccc(F)cc2)c1Cl. The maximum absolute atomic E-state index is 13.0. The number of carbonyl (C=O) groups is 2. The van der Waals surface area contributed by atoms with Gasteiger partial charge in [-0.3, -0.25) is 9.59 Å². The summed E-state index contributed by atoms with van der Waals surface area (Å²) in [4.78, 5) is 23.9. The van der Waals surface area contributed by atoms with Gasteiger partial charge >= 0.3 is 0 Å². The lowest BCUT2D eigenvalue weighted by molar-refractivity contribution is -0.120. The number of nitrogens with one attached hydrogen (secondary N) is 2. The van der Waals surface area contributed by atoms with Crippen molar-refractivity contribution in [1.29, 1.82) is 0 Å². The van der Waals surface area contributed by atoms with Gasteiger partial charge in [-0.2, -0.15) is 5.10 Å². The number of aryl methyl sites for hydroxylation is 1. The molecule has 25 heavy (non-hydrogen) atoms. The van der Waals surface area contributed by atoms with Crippen LogP contribution in [0.15, 0.2) is 24.3 Å². The normalized spacial score (nSPS) is 10.6. The van der Waals surface area contributed by atoms with Crippen molar-refractivity contribution in [2.45, 2.75) is 26.8 Å². The number of aromatic nitrogens is 2. The van der Waals surface area contributed by atoms with Crippen LogP contribution in [0, 0.1) is 12.7 Å². The molecule has 0 unspecified atom stereocenters. The number of hydrogen-bond acceptors (Lipinski definition) is 3. The van der Waals surface area contributed by atoms with Gasteiger partial charge in [-0.05, 0) is 31.0 Å². The first-order valence-electron chi connectivity index (χ1n) is 7.94. The zero-order chi connectivity index (χ0) is 18.4. The summed E-state index contributed by atoms with van der Waals surface area (Å²) >= 11 is 6.27. The molecular formula is C17H20ClFN4O2. The van der Waals surface area contributed by atoms with E-state index in [1.54, 1.807) is 19.1 Å². The Bertz CT molecular complexity index is 759. The topological polar surface area (TPSA) is 76.0 Å². The van der Waals surface area contributed by atoms with E-state index in [-0.39, 0.29) is 29.0 Å². The lowest BCUT2D eigenvalue weighted by Gasteiger charge is -2.06. The number of rotatable bonds is 7. The zero-order valence-corrected chi connectivity index (χ0v) is 14.9. The van der Waals surface area contributed by atoms with Crippen molar-refractivity contribution in [3.8, 4) is 0 Å². The maximum atomic E-state index is 13.0. The van der Waals surface area contributed by atoms with Gasteiger partial charge in [0.05, 0.1) is 24.3 Å². The Hall–Kier alpha value is -2.41. The molecule has 2 N–H and O–H groups in total. The van der Waals surface area contributed by atoms with Gasteiger partial charge in [0.15, 0.2) is 0 Å². The average Bonchev–Trinajstić information content (AvgIpc) is 2.86. The fourth-order valence-corrected chi connectivity index (χ4v) is 2.57. The number of nitrogens with zero attached hydrogens (tertiary/aromatic N) is 2. The van der Waals surface area contributed by atoms with Crippen molar-refractivity contribution in [1.82, 2.24) is 20.4 Å². The highest BCUT2D eigenvalue weighted by molar-refractivity contribution is 6.33. The fraction of sp³-hybridized carbons (Fsp3) is 0.353. The Morgan fingerprint density at radius 3 is 2.56 bits per heavy atom. The number of amides is 2. The second kappa shape index (κ2) is 8.62. The first-order chi connectivity index (χ1) is 11.9. The molecule has 0 aliphatic rings. The molecule has 134 valence electrons. The third-order valence-electron chi connectivity index (χ3n) is 3.52. The fourth-order valence-electron chi connectivity index (χ4n) is 2.25. The van der Waals surface area contributed by atoms with E-state index in [0.29, 0.717) is 18.8 Å². The van der Waals surface area contributed by atoms with Gasteiger partial charge < -0.3 is 10.6 Å². The summed E-state index contributed by atoms with van der Waals surface area (Å²) in [6.07, 6.45) is 0.820. The molecule has 2 amide bonds. The van der Waals surface area contributed by atoms with Gasteiger partial charge in [0.25, 0.3) is 5.91 Å². The minimum atomic E-state index is -0.459. The highest BCUT2D eigenvalue weighted by Gasteiger charge is 2.20. The molecule has 0 aliphatic carbocycles. The van der Waals surface area contributed by atoms with Gasteiger partial charge in [0, 0.05) is 6.54 Å². The van der Waals surface area contributed by atoms with Gasteiger partial charge in [-0.1, -0.05) is 30.7 Å². The number of carbonyl (C=O) groups excluding carboxylic acids is 2. The van der Waals surface area contributed by atoms with E-state index < -0.39 is 5.91 Å². The molecule has 0 spiro atoms. The summed E-state index contributed by atoms with van der Waals surface area (Å²) in [5, 5.41) is 9.64. The summed E-state index contributed by atoms with van der Waals surface area (Å²) < 4.78 is 14.4. The second-order valence-electron chi connectivity index (χ2n) is 5.57. The van der Waals surface area contributed by atoms with E-state index >= 15 is 0 Å². The Morgan fingerprint density at radius 2 is 1.92 bits per heavy atom. The van der Waals surface area contributed by atoms with E-state index in [1.165, 1.54) is 16.8 Å². The molecule has 1 aromatic heterocycles. The largest absolute Gasteiger partial charge is 0.355 e. The van der Waals surface area contributed by atoms with Crippen molar-refractivity contribution in [3.63, 3.8) is 0 Å². The summed E-state index contributed by atoms with van der Waals surface area (Å²) in [5.41, 5.74) is 1.49. The first kappa shape index (κ1) is 18.9. The quantitative estimate of drug-likeness (QED) is 0.789. The van der Waals surface area contributed by atoms with E-state index in [0.717, 1.165) is 12.0 Å². The van der Waals surface area contributed by atoms with Crippen molar-refractivity contribution < 1.29 is 14.0 Å². The Morgan fingerprint density at radius 1 is 1.24 bits per heavy atom. The zero-order valence-electron chi connectivity index (χ0n) is 14.1. The molecule has 2 aromatic rings. The molecule has 0 radical (unpaired) electrons. The van der Waals surface area contributed by atoms with Crippen molar-refractivity contribution >= 4 is 23.4 Å². The predicted molar refractivity (Wildman–Crippen MR) is 93.1 cm³/mol. The van der Waals surface area contributed by atoms with Crippen LogP contribution in [0.2, 0.25) is 5.15 Å². The molecule has 0 atom stereocenters. The number of benzene rings is 1. The van der Waals surface area contributed by atoms with Crippen LogP contribution in [-0.4, -0.2) is 34.7 Å². The van der Waals surface area contributed by atoms with E-state index in [9.17, 15) is 14.0 Å². The number of hydrogen-bond donors (Lipinski definition) is 2. The van der Waals surface area contributed by atoms with Crippen LogP contribution in [0.25, 0.3) is 0 Å². The predicted octanol–water partition coefficient (Wildman–Crippen LogP) is 2.29. The average molecular weight is 367 g/mol. The van der Waals surface area contributed by atoms with Crippen LogP contribution in [0.4, 0.5) is 4.39 Å². The smallest absolute Gasteiger partial charge is 0.256 e. The van der Waals surface area contributed by atoms with Crippen molar-refractivity contribution in [3.05, 3.63) is 52.1 Å². The van der Waals surface area contributed by atoms with E-state index in [4.69, 9.17) is 11.6 Å². The summed E-state index contributed by atoms with van der Waals surface area (Å²) in [7, 11) is 0. The standard InChI is InChI=1S/C17H20ClFN4O2/c1-3-8-20-14(24)9-21-17(25)15-11(2)22-23(16(15)18)10-12-4-6-13(19)7-5-12/h4-7H,3,8-10H2,1-2H3,(H,20,24)(H,21,25). The first-order valence-corrected chi connectivity index (χ1v) is 8.32. The molecule has 2 rings (SSSR count). The molecule has 8 heteroatoms. The minimum absolute atomic E-state index is 0.127. The lowest BCUT2D eigenvalue weighted by Crippen LogP contribution is -2.37. The number of halogens is 2. The lowest BCUT2D eigenvalue weighted by atomic mass is 10.2. The molecule has 0 fully saturated rings. The maximum Gasteiger partial charge on any atom is 0.256 e. The van der Waals surface area contributed by atoms with Gasteiger partial charge in [0.2, 0.25) is 5.91 Å². The molecule has 0 bridgehead atoms. The van der Waals surface area contributed by atoms with Crippen LogP contribution in [0.3, 0.4) is 0 Å². The van der Waals surface area contributed by atoms with Gasteiger partial charge in [-0.15, -0.1) is 0 Å². The van der Waals surface area contributed by atoms with E-state index in [1.807, 2.05) is 6.92 Å². The van der Waals surface area contributed by atoms with Crippen LogP contribution in [0.1, 0.15) is 35.0 Å². The summed E-state index contributed by atoms with van der Waals surface area (Å²) in [5.74, 6) is -1.05. The monoisotopic (exact) mass is 366 g/mol. The minimum Gasteiger partial charge on any atom is -0.355 e. The molecule has 0 aliphatic heterocycles. The Kier molecular flexibility index (Phi) is 6.52. The van der Waals surface area contributed by atoms with Crippen molar-refractivity contribution in [2.24, 2.45) is 0 Å². The summed E-state index contributed by atoms with van der Waals surface area (Å²) in [6.45, 7) is 4.35. The highest BCUT2D eigenvalue weighted by Crippen LogP contribution is 2.21. The highest BCUT2D eigenvalue weighted by atomic mass is 35.5. The summed E-state index contributed by atoms with van der Waals surface area (Å²) in [6, 6.07) is 5.95. The third-order valence-corrected chi connectivity index (χ3v) is 3.90. The molecule has 1 heterocycles. The molecule has 6 nitrogen and oxygen atoms in total. The third kappa shape index (κ3) is 5.03. The van der Waals surface area contributed by atoms with Crippen LogP contribution < -0.4 is 10.6 Å². The van der Waals surface area contributed by atoms with Gasteiger partial charge in [0.1, 0.15) is 11.0 Å². The van der Waals surface area contributed by atoms with Crippen LogP contribution >= 0.6 is 11.6 Å². The van der Waals surface area contributed by atoms with Crippen molar-refractivity contribution in [2.75, 3.05) is 13.1 Å². The van der Waals surface area contributed by atoms with Crippen LogP contribution in [0.5, 0.6) is 0 Å². The van der Waals surface area contributed by atoms with Gasteiger partial charge in [-0.25, -0.2) is 9.07 Å². The molecule has 0 saturated heterocycles.